The van der Waals surface area contributed by atoms with Crippen molar-refractivity contribution < 1.29 is 9.90 Å². The van der Waals surface area contributed by atoms with Crippen LogP contribution in [0.25, 0.3) is 10.2 Å². The minimum absolute atomic E-state index is 0.184. The predicted octanol–water partition coefficient (Wildman–Crippen LogP) is 2.61. The number of fused-ring (bicyclic) bond motifs is 1. The first-order valence-corrected chi connectivity index (χ1v) is 8.27. The van der Waals surface area contributed by atoms with E-state index in [4.69, 9.17) is 0 Å². The van der Waals surface area contributed by atoms with Gasteiger partial charge < -0.3 is 10.1 Å². The lowest BCUT2D eigenvalue weighted by Crippen LogP contribution is -2.27. The van der Waals surface area contributed by atoms with Gasteiger partial charge >= 0.3 is 5.97 Å². The van der Waals surface area contributed by atoms with Crippen molar-refractivity contribution in [3.63, 3.8) is 0 Å². The molecule has 0 aliphatic rings. The Morgan fingerprint density at radius 3 is 2.50 bits per heavy atom. The smallest absolute Gasteiger partial charge is 0.346 e. The van der Waals surface area contributed by atoms with Crippen molar-refractivity contribution in [1.82, 2.24) is 14.9 Å². The second-order valence-electron chi connectivity index (χ2n) is 5.33. The summed E-state index contributed by atoms with van der Waals surface area (Å²) in [7, 11) is 0. The van der Waals surface area contributed by atoms with Crippen LogP contribution in [0, 0.1) is 6.92 Å². The summed E-state index contributed by atoms with van der Waals surface area (Å²) in [5.74, 6) is -0.419. The molecule has 7 heteroatoms. The molecule has 0 fully saturated rings. The third-order valence-electron chi connectivity index (χ3n) is 3.50. The number of rotatable bonds is 7. The highest BCUT2D eigenvalue weighted by molar-refractivity contribution is 7.20. The highest BCUT2D eigenvalue weighted by Gasteiger charge is 2.19. The molecule has 2 heterocycles. The van der Waals surface area contributed by atoms with Crippen LogP contribution in [0.4, 0.5) is 0 Å². The zero-order valence-electron chi connectivity index (χ0n) is 13.1. The molecule has 6 nitrogen and oxygen atoms in total. The van der Waals surface area contributed by atoms with Crippen LogP contribution >= 0.6 is 11.3 Å². The molecule has 0 spiro atoms. The van der Waals surface area contributed by atoms with Gasteiger partial charge in [0, 0.05) is 0 Å². The molecule has 0 bridgehead atoms. The summed E-state index contributed by atoms with van der Waals surface area (Å²) in [5.41, 5.74) is 0.237. The van der Waals surface area contributed by atoms with Crippen molar-refractivity contribution in [2.45, 2.75) is 40.2 Å². The summed E-state index contributed by atoms with van der Waals surface area (Å²) in [5, 5.41) is 9.57. The summed E-state index contributed by atoms with van der Waals surface area (Å²) < 4.78 is 0. The lowest BCUT2D eigenvalue weighted by molar-refractivity contribution is 0.0701. The summed E-state index contributed by atoms with van der Waals surface area (Å²) in [6, 6.07) is 0. The quantitative estimate of drug-likeness (QED) is 0.818. The first-order valence-electron chi connectivity index (χ1n) is 7.45. The number of carbonyl (C=O) groups is 1. The summed E-state index contributed by atoms with van der Waals surface area (Å²) in [6.45, 7) is 8.35. The Morgan fingerprint density at radius 2 is 1.95 bits per heavy atom. The van der Waals surface area contributed by atoms with Gasteiger partial charge in [-0.25, -0.2) is 9.78 Å². The highest BCUT2D eigenvalue weighted by atomic mass is 32.1. The first kappa shape index (κ1) is 16.6. The van der Waals surface area contributed by atoms with Gasteiger partial charge in [-0.2, -0.15) is 0 Å². The molecule has 0 aromatic carbocycles. The number of aromatic carboxylic acids is 1. The molecule has 0 saturated heterocycles. The Morgan fingerprint density at radius 1 is 1.32 bits per heavy atom. The molecule has 2 N–H and O–H groups in total. The van der Waals surface area contributed by atoms with E-state index in [0.717, 1.165) is 37.3 Å². The fraction of sp³-hybridized carbons (Fsp3) is 0.533. The third-order valence-corrected chi connectivity index (χ3v) is 4.67. The van der Waals surface area contributed by atoms with Crippen molar-refractivity contribution in [2.24, 2.45) is 0 Å². The Kier molecular flexibility index (Phi) is 5.31. The zero-order valence-corrected chi connectivity index (χ0v) is 13.9. The molecule has 0 aliphatic heterocycles. The van der Waals surface area contributed by atoms with E-state index in [0.29, 0.717) is 28.1 Å². The highest BCUT2D eigenvalue weighted by Crippen LogP contribution is 2.26. The van der Waals surface area contributed by atoms with Crippen LogP contribution in [-0.4, -0.2) is 39.0 Å². The fourth-order valence-corrected chi connectivity index (χ4v) is 3.62. The van der Waals surface area contributed by atoms with Crippen molar-refractivity contribution in [2.75, 3.05) is 13.1 Å². The Balaban J connectivity index is 2.41. The number of carboxylic acids is 1. The molecule has 0 saturated carbocycles. The number of hydrogen-bond donors (Lipinski definition) is 2. The van der Waals surface area contributed by atoms with Crippen LogP contribution in [0.1, 0.15) is 47.7 Å². The molecule has 120 valence electrons. The van der Waals surface area contributed by atoms with Gasteiger partial charge in [-0.15, -0.1) is 11.3 Å². The van der Waals surface area contributed by atoms with E-state index >= 15 is 0 Å². The number of aryl methyl sites for hydroxylation is 1. The van der Waals surface area contributed by atoms with Crippen molar-refractivity contribution in [3.05, 3.63) is 26.6 Å². The maximum absolute atomic E-state index is 12.3. The number of aromatic amines is 1. The topological polar surface area (TPSA) is 86.3 Å². The SMILES string of the molecule is CCCN(CCC)Cc1nc2sc(C(=O)O)c(C)c2c(=O)[nH]1. The zero-order chi connectivity index (χ0) is 16.3. The van der Waals surface area contributed by atoms with Gasteiger partial charge in [0.05, 0.1) is 11.9 Å². The molecule has 0 atom stereocenters. The van der Waals surface area contributed by atoms with Crippen LogP contribution < -0.4 is 5.56 Å². The molecule has 0 aliphatic carbocycles. The molecule has 2 aromatic heterocycles. The Hall–Kier alpha value is -1.73. The number of H-pyrrole nitrogens is 1. The molecule has 0 unspecified atom stereocenters. The van der Waals surface area contributed by atoms with E-state index in [1.807, 2.05) is 0 Å². The van der Waals surface area contributed by atoms with Gasteiger partial charge in [-0.05, 0) is 38.4 Å². The van der Waals surface area contributed by atoms with E-state index in [-0.39, 0.29) is 10.4 Å². The predicted molar refractivity (Wildman–Crippen MR) is 87.8 cm³/mol. The van der Waals surface area contributed by atoms with E-state index in [2.05, 4.69) is 28.7 Å². The second-order valence-corrected chi connectivity index (χ2v) is 6.33. The average molecular weight is 323 g/mol. The molecule has 22 heavy (non-hydrogen) atoms. The first-order chi connectivity index (χ1) is 10.5. The van der Waals surface area contributed by atoms with Crippen LogP contribution in [-0.2, 0) is 6.54 Å². The van der Waals surface area contributed by atoms with Gasteiger partial charge in [0.1, 0.15) is 15.5 Å². The maximum atomic E-state index is 12.3. The van der Waals surface area contributed by atoms with Crippen molar-refractivity contribution in [1.29, 1.82) is 0 Å². The summed E-state index contributed by atoms with van der Waals surface area (Å²) in [6.07, 6.45) is 2.07. The average Bonchev–Trinajstić information content (AvgIpc) is 2.77. The van der Waals surface area contributed by atoms with Crippen molar-refractivity contribution >= 4 is 27.5 Å². The van der Waals surface area contributed by atoms with Gasteiger partial charge in [0.15, 0.2) is 0 Å². The summed E-state index contributed by atoms with van der Waals surface area (Å²) >= 11 is 1.06. The minimum Gasteiger partial charge on any atom is -0.477 e. The van der Waals surface area contributed by atoms with Crippen molar-refractivity contribution in [3.8, 4) is 0 Å². The normalized spacial score (nSPS) is 11.5. The number of hydrogen-bond acceptors (Lipinski definition) is 5. The van der Waals surface area contributed by atoms with Crippen LogP contribution in [0.2, 0.25) is 0 Å². The fourth-order valence-electron chi connectivity index (χ4n) is 2.58. The van der Waals surface area contributed by atoms with E-state index in [9.17, 15) is 14.7 Å². The third kappa shape index (κ3) is 3.36. The number of nitrogens with one attached hydrogen (secondary N) is 1. The van der Waals surface area contributed by atoms with Crippen LogP contribution in [0.5, 0.6) is 0 Å². The molecular formula is C15H21N3O3S. The lowest BCUT2D eigenvalue weighted by atomic mass is 10.2. The summed E-state index contributed by atoms with van der Waals surface area (Å²) in [4.78, 5) is 33.6. The lowest BCUT2D eigenvalue weighted by Gasteiger charge is -2.19. The van der Waals surface area contributed by atoms with Gasteiger partial charge in [-0.1, -0.05) is 13.8 Å². The Labute approximate surface area is 132 Å². The monoisotopic (exact) mass is 323 g/mol. The number of carboxylic acid groups (broad SMARTS) is 1. The molecule has 2 aromatic rings. The largest absolute Gasteiger partial charge is 0.477 e. The van der Waals surface area contributed by atoms with Gasteiger partial charge in [0.2, 0.25) is 0 Å². The molecular weight excluding hydrogens is 302 g/mol. The van der Waals surface area contributed by atoms with Gasteiger partial charge in [0.25, 0.3) is 5.56 Å². The standard InChI is InChI=1S/C15H21N3O3S/c1-4-6-18(7-5-2)8-10-16-13(19)11-9(3)12(15(20)21)22-14(11)17-10/h4-8H2,1-3H3,(H,20,21)(H,16,17,19). The van der Waals surface area contributed by atoms with E-state index in [1.54, 1.807) is 6.92 Å². The number of nitrogens with zero attached hydrogens (tertiary/aromatic N) is 2. The van der Waals surface area contributed by atoms with E-state index in [1.165, 1.54) is 0 Å². The van der Waals surface area contributed by atoms with Gasteiger partial charge in [-0.3, -0.25) is 9.69 Å². The van der Waals surface area contributed by atoms with Crippen LogP contribution in [0.15, 0.2) is 4.79 Å². The molecule has 2 rings (SSSR count). The minimum atomic E-state index is -1.01. The number of thiophene rings is 1. The Bertz CT molecular complexity index is 729. The second kappa shape index (κ2) is 7.02. The maximum Gasteiger partial charge on any atom is 0.346 e. The van der Waals surface area contributed by atoms with Crippen LogP contribution in [0.3, 0.4) is 0 Å². The number of aromatic nitrogens is 2. The van der Waals surface area contributed by atoms with E-state index < -0.39 is 5.97 Å². The molecule has 0 amide bonds. The molecule has 0 radical (unpaired) electrons.